The fraction of sp³-hybridized carbons (Fsp3) is 0.909. The minimum Gasteiger partial charge on any atom is -0.303 e. The van der Waals surface area contributed by atoms with E-state index in [1.165, 1.54) is 38.9 Å². The van der Waals surface area contributed by atoms with Gasteiger partial charge in [0.05, 0.1) is 0 Å². The van der Waals surface area contributed by atoms with Crippen LogP contribution in [0.5, 0.6) is 0 Å². The van der Waals surface area contributed by atoms with Crippen LogP contribution in [0.25, 0.3) is 0 Å². The Kier molecular flexibility index (Phi) is 16.3. The van der Waals surface area contributed by atoms with Crippen LogP contribution in [0.15, 0.2) is 0 Å². The first-order valence-corrected chi connectivity index (χ1v) is 5.28. The lowest BCUT2D eigenvalue weighted by atomic mass is 10.3. The predicted molar refractivity (Wildman–Crippen MR) is 58.3 cm³/mol. The molecule has 75 valence electrons. The molecule has 1 radical (unpaired) electrons. The fourth-order valence-electron chi connectivity index (χ4n) is 1.28. The highest BCUT2D eigenvalue weighted by Gasteiger charge is 1.98. The molecule has 0 bridgehead atoms. The van der Waals surface area contributed by atoms with E-state index in [1.54, 1.807) is 6.92 Å². The molecule has 0 saturated carbocycles. The Bertz CT molecular complexity index is 47.8. The Morgan fingerprint density at radius 3 is 1.17 bits per heavy atom. The largest absolute Gasteiger partial charge is 0.303 e. The second-order valence-electron chi connectivity index (χ2n) is 2.84. The molecule has 0 aliphatic heterocycles. The van der Waals surface area contributed by atoms with Crippen molar-refractivity contribution in [1.29, 1.82) is 0 Å². The van der Waals surface area contributed by atoms with Crippen molar-refractivity contribution >= 4 is 0 Å². The summed E-state index contributed by atoms with van der Waals surface area (Å²) in [5, 5.41) is 0. The summed E-state index contributed by atoms with van der Waals surface area (Å²) in [7, 11) is 0. The first-order valence-electron chi connectivity index (χ1n) is 5.28. The summed E-state index contributed by atoms with van der Waals surface area (Å²) in [6.45, 7) is 15.6. The lowest BCUT2D eigenvalue weighted by molar-refractivity contribution is 0.275. The van der Waals surface area contributed by atoms with Crippen molar-refractivity contribution < 1.29 is 0 Å². The lowest BCUT2D eigenvalue weighted by Gasteiger charge is -2.19. The van der Waals surface area contributed by atoms with Gasteiger partial charge >= 0.3 is 0 Å². The van der Waals surface area contributed by atoms with Crippen LogP contribution in [0.4, 0.5) is 0 Å². The van der Waals surface area contributed by atoms with Gasteiger partial charge in [0.25, 0.3) is 0 Å². The molecule has 0 unspecified atom stereocenters. The zero-order valence-corrected chi connectivity index (χ0v) is 9.40. The normalized spacial score (nSPS) is 9.50. The molecule has 0 aromatic carbocycles. The van der Waals surface area contributed by atoms with Gasteiger partial charge in [-0.2, -0.15) is 0 Å². The fourth-order valence-corrected chi connectivity index (χ4v) is 1.28. The van der Waals surface area contributed by atoms with E-state index in [9.17, 15) is 0 Å². The van der Waals surface area contributed by atoms with Crippen LogP contribution >= 0.6 is 0 Å². The quantitative estimate of drug-likeness (QED) is 0.594. The van der Waals surface area contributed by atoms with Gasteiger partial charge < -0.3 is 4.90 Å². The summed E-state index contributed by atoms with van der Waals surface area (Å²) in [5.41, 5.74) is 0. The maximum Gasteiger partial charge on any atom is -0.00214 e. The van der Waals surface area contributed by atoms with E-state index in [-0.39, 0.29) is 0 Å². The molecule has 0 spiro atoms. The molecule has 0 saturated heterocycles. The third-order valence-electron chi connectivity index (χ3n) is 1.62. The molecule has 1 heteroatoms. The van der Waals surface area contributed by atoms with Crippen molar-refractivity contribution in [2.24, 2.45) is 0 Å². The van der Waals surface area contributed by atoms with Crippen LogP contribution in [-0.2, 0) is 0 Å². The molecule has 0 aromatic rings. The van der Waals surface area contributed by atoms with E-state index in [4.69, 9.17) is 0 Å². The van der Waals surface area contributed by atoms with E-state index < -0.39 is 0 Å². The number of nitrogens with zero attached hydrogens (tertiary/aromatic N) is 1. The van der Waals surface area contributed by atoms with Crippen LogP contribution < -0.4 is 0 Å². The molecule has 1 nitrogen and oxygen atoms in total. The molecule has 0 aromatic heterocycles. The first kappa shape index (κ1) is 14.5. The van der Waals surface area contributed by atoms with Gasteiger partial charge in [-0.1, -0.05) is 34.6 Å². The van der Waals surface area contributed by atoms with E-state index >= 15 is 0 Å². The molecule has 0 amide bonds. The number of hydrogen-bond donors (Lipinski definition) is 0. The Labute approximate surface area is 79.2 Å². The van der Waals surface area contributed by atoms with E-state index in [1.807, 2.05) is 0 Å². The average molecular weight is 172 g/mol. The predicted octanol–water partition coefficient (Wildman–Crippen LogP) is 3.36. The van der Waals surface area contributed by atoms with E-state index in [2.05, 4.69) is 32.6 Å². The average Bonchev–Trinajstić information content (AvgIpc) is 2.10. The standard InChI is InChI=1S/C9H21N.C2H5/c1-4-7-10(8-5-2)9-6-3;1-2/h4-9H2,1-3H3;1H2,2H3. The van der Waals surface area contributed by atoms with Gasteiger partial charge in [0.15, 0.2) is 0 Å². The third-order valence-corrected chi connectivity index (χ3v) is 1.62. The molecule has 0 rings (SSSR count). The van der Waals surface area contributed by atoms with Crippen molar-refractivity contribution in [3.63, 3.8) is 0 Å². The summed E-state index contributed by atoms with van der Waals surface area (Å²) in [6.07, 6.45) is 3.88. The Morgan fingerprint density at radius 2 is 1.00 bits per heavy atom. The monoisotopic (exact) mass is 172 g/mol. The Balaban J connectivity index is 0. The minimum atomic E-state index is 1.28. The second-order valence-corrected chi connectivity index (χ2v) is 2.84. The van der Waals surface area contributed by atoms with Gasteiger partial charge in [0.2, 0.25) is 0 Å². The van der Waals surface area contributed by atoms with Crippen LogP contribution in [0, 0.1) is 6.92 Å². The molecule has 0 aliphatic carbocycles. The summed E-state index contributed by atoms with van der Waals surface area (Å²) < 4.78 is 0. The van der Waals surface area contributed by atoms with Gasteiger partial charge in [-0.05, 0) is 38.9 Å². The SMILES string of the molecule is CCCN(CCC)CCC.[CH2]C. The maximum absolute atomic E-state index is 3.25. The summed E-state index contributed by atoms with van der Waals surface area (Å²) in [5.74, 6) is 0. The van der Waals surface area contributed by atoms with Crippen molar-refractivity contribution in [1.82, 2.24) is 4.90 Å². The van der Waals surface area contributed by atoms with Gasteiger partial charge in [0, 0.05) is 0 Å². The van der Waals surface area contributed by atoms with Crippen LogP contribution in [-0.4, -0.2) is 24.5 Å². The molecule has 0 N–H and O–H groups in total. The zero-order valence-electron chi connectivity index (χ0n) is 9.40. The topological polar surface area (TPSA) is 3.24 Å². The summed E-state index contributed by atoms with van der Waals surface area (Å²) >= 11 is 0. The number of hydrogen-bond acceptors (Lipinski definition) is 1. The molecular formula is C11H26N. The Hall–Kier alpha value is -0.0400. The Morgan fingerprint density at radius 1 is 0.750 bits per heavy atom. The van der Waals surface area contributed by atoms with Gasteiger partial charge in [-0.25, -0.2) is 0 Å². The molecule has 0 atom stereocenters. The van der Waals surface area contributed by atoms with Crippen molar-refractivity contribution in [3.05, 3.63) is 6.92 Å². The summed E-state index contributed by atoms with van der Waals surface area (Å²) in [6, 6.07) is 0. The zero-order chi connectivity index (χ0) is 9.82. The molecule has 0 heterocycles. The van der Waals surface area contributed by atoms with Crippen LogP contribution in [0.2, 0.25) is 0 Å². The first-order chi connectivity index (χ1) is 5.85. The molecular weight excluding hydrogens is 146 g/mol. The summed E-state index contributed by atoms with van der Waals surface area (Å²) in [4.78, 5) is 2.54. The van der Waals surface area contributed by atoms with Gasteiger partial charge in [-0.15, -0.1) is 0 Å². The van der Waals surface area contributed by atoms with Crippen molar-refractivity contribution in [3.8, 4) is 0 Å². The highest BCUT2D eigenvalue weighted by atomic mass is 15.1. The molecule has 12 heavy (non-hydrogen) atoms. The van der Waals surface area contributed by atoms with Gasteiger partial charge in [0.1, 0.15) is 0 Å². The van der Waals surface area contributed by atoms with Crippen molar-refractivity contribution in [2.75, 3.05) is 19.6 Å². The smallest absolute Gasteiger partial charge is 0.00214 e. The minimum absolute atomic E-state index is 1.28. The van der Waals surface area contributed by atoms with Gasteiger partial charge in [-0.3, -0.25) is 0 Å². The number of rotatable bonds is 6. The lowest BCUT2D eigenvalue weighted by Crippen LogP contribution is -2.25. The van der Waals surface area contributed by atoms with Crippen LogP contribution in [0.1, 0.15) is 47.0 Å². The van der Waals surface area contributed by atoms with Crippen molar-refractivity contribution in [2.45, 2.75) is 47.0 Å². The highest BCUT2D eigenvalue weighted by Crippen LogP contribution is 1.94. The molecule has 0 fully saturated rings. The third kappa shape index (κ3) is 9.96. The highest BCUT2D eigenvalue weighted by molar-refractivity contribution is 4.53. The molecule has 0 aliphatic rings. The van der Waals surface area contributed by atoms with Crippen LogP contribution in [0.3, 0.4) is 0 Å². The van der Waals surface area contributed by atoms with E-state index in [0.717, 1.165) is 0 Å². The van der Waals surface area contributed by atoms with E-state index in [0.29, 0.717) is 0 Å². The maximum atomic E-state index is 3.25. The second kappa shape index (κ2) is 13.5.